The van der Waals surface area contributed by atoms with Crippen molar-refractivity contribution in [3.05, 3.63) is 60.0 Å². The van der Waals surface area contributed by atoms with Gasteiger partial charge in [-0.05, 0) is 38.0 Å². The average molecular weight is 385 g/mol. The van der Waals surface area contributed by atoms with Crippen LogP contribution in [0.15, 0.2) is 53.7 Å². The molecule has 1 atom stereocenters. The van der Waals surface area contributed by atoms with Crippen LogP contribution < -0.4 is 15.5 Å². The van der Waals surface area contributed by atoms with Crippen LogP contribution in [0.4, 0.5) is 10.2 Å². The molecule has 0 bridgehead atoms. The summed E-state index contributed by atoms with van der Waals surface area (Å²) < 4.78 is 13.8. The summed E-state index contributed by atoms with van der Waals surface area (Å²) in [6.45, 7) is 4.66. The zero-order valence-electron chi connectivity index (χ0n) is 16.2. The maximum atomic E-state index is 13.8. The molecule has 0 saturated carbocycles. The molecule has 6 nitrogen and oxygen atoms in total. The van der Waals surface area contributed by atoms with E-state index in [4.69, 9.17) is 0 Å². The van der Waals surface area contributed by atoms with Gasteiger partial charge in [0.25, 0.3) is 0 Å². The Hall–Kier alpha value is -2.67. The van der Waals surface area contributed by atoms with E-state index in [9.17, 15) is 9.50 Å². The fourth-order valence-corrected chi connectivity index (χ4v) is 3.33. The molecule has 2 heterocycles. The minimum Gasteiger partial charge on any atom is -0.386 e. The molecule has 28 heavy (non-hydrogen) atoms. The van der Waals surface area contributed by atoms with E-state index in [1.165, 1.54) is 6.07 Å². The predicted octanol–water partition coefficient (Wildman–Crippen LogP) is 2.48. The van der Waals surface area contributed by atoms with Gasteiger partial charge in [0.2, 0.25) is 0 Å². The Labute approximate surface area is 165 Å². The van der Waals surface area contributed by atoms with Crippen LogP contribution in [0.1, 0.15) is 31.4 Å². The van der Waals surface area contributed by atoms with Gasteiger partial charge in [-0.1, -0.05) is 24.3 Å². The molecule has 1 aliphatic heterocycles. The van der Waals surface area contributed by atoms with E-state index in [0.717, 1.165) is 31.7 Å². The number of aliphatic imine (C=N–C) groups is 1. The van der Waals surface area contributed by atoms with Gasteiger partial charge in [0, 0.05) is 37.4 Å². The predicted molar refractivity (Wildman–Crippen MR) is 110 cm³/mol. The topological polar surface area (TPSA) is 72.8 Å². The minimum absolute atomic E-state index is 0.100. The highest BCUT2D eigenvalue weighted by atomic mass is 19.1. The number of halogens is 1. The summed E-state index contributed by atoms with van der Waals surface area (Å²) in [6.07, 6.45) is 2.78. The molecule has 1 saturated heterocycles. The normalized spacial score (nSPS) is 16.7. The number of anilines is 1. The summed E-state index contributed by atoms with van der Waals surface area (Å²) in [6, 6.07) is 12.5. The fraction of sp³-hybridized carbons (Fsp3) is 0.429. The quantitative estimate of drug-likeness (QED) is 0.526. The summed E-state index contributed by atoms with van der Waals surface area (Å²) >= 11 is 0. The molecule has 3 rings (SSSR count). The molecule has 1 aliphatic rings. The molecule has 1 unspecified atom stereocenters. The van der Waals surface area contributed by atoms with E-state index in [1.807, 2.05) is 31.3 Å². The molecule has 1 fully saturated rings. The van der Waals surface area contributed by atoms with Gasteiger partial charge < -0.3 is 20.6 Å². The highest BCUT2D eigenvalue weighted by Gasteiger charge is 2.21. The third-order valence-corrected chi connectivity index (χ3v) is 4.84. The van der Waals surface area contributed by atoms with E-state index in [-0.39, 0.29) is 12.1 Å². The van der Waals surface area contributed by atoms with Gasteiger partial charge in [-0.3, -0.25) is 4.99 Å². The highest BCUT2D eigenvalue weighted by molar-refractivity contribution is 5.80. The molecule has 0 aliphatic carbocycles. The molecule has 0 radical (unpaired) electrons. The number of hydrogen-bond donors (Lipinski definition) is 3. The van der Waals surface area contributed by atoms with Gasteiger partial charge in [-0.15, -0.1) is 0 Å². The number of piperidine rings is 1. The van der Waals surface area contributed by atoms with Gasteiger partial charge in [0.05, 0.1) is 6.54 Å². The van der Waals surface area contributed by atoms with E-state index in [0.29, 0.717) is 18.5 Å². The van der Waals surface area contributed by atoms with Gasteiger partial charge in [-0.2, -0.15) is 0 Å². The number of aromatic nitrogens is 1. The highest BCUT2D eigenvalue weighted by Crippen LogP contribution is 2.18. The Balaban J connectivity index is 1.54. The largest absolute Gasteiger partial charge is 0.386 e. The van der Waals surface area contributed by atoms with Crippen LogP contribution in [0, 0.1) is 5.82 Å². The van der Waals surface area contributed by atoms with Crippen LogP contribution in [0.3, 0.4) is 0 Å². The van der Waals surface area contributed by atoms with Crippen molar-refractivity contribution in [2.24, 2.45) is 4.99 Å². The first-order valence-corrected chi connectivity index (χ1v) is 9.80. The Morgan fingerprint density at radius 1 is 1.25 bits per heavy atom. The standard InChI is InChI=1S/C21H28FN5O/c1-2-23-21(25-15-19(28)17-7-3-4-8-18(17)22)26-16-10-13-27(14-11-16)20-9-5-6-12-24-20/h3-9,12,16,19,28H,2,10-11,13-15H2,1H3,(H2,23,25,26). The second kappa shape index (κ2) is 10.0. The average Bonchev–Trinajstić information content (AvgIpc) is 2.73. The van der Waals surface area contributed by atoms with Crippen molar-refractivity contribution in [3.8, 4) is 0 Å². The molecule has 150 valence electrons. The molecule has 7 heteroatoms. The van der Waals surface area contributed by atoms with E-state index in [1.54, 1.807) is 18.2 Å². The lowest BCUT2D eigenvalue weighted by atomic mass is 10.1. The number of rotatable bonds is 6. The van der Waals surface area contributed by atoms with Gasteiger partial charge in [0.1, 0.15) is 17.7 Å². The monoisotopic (exact) mass is 385 g/mol. The molecule has 0 amide bonds. The fourth-order valence-electron chi connectivity index (χ4n) is 3.33. The Bertz CT molecular complexity index is 762. The third kappa shape index (κ3) is 5.42. The summed E-state index contributed by atoms with van der Waals surface area (Å²) in [7, 11) is 0. The van der Waals surface area contributed by atoms with Gasteiger partial charge in [0.15, 0.2) is 5.96 Å². The summed E-state index contributed by atoms with van der Waals surface area (Å²) in [5.41, 5.74) is 0.269. The second-order valence-corrected chi connectivity index (χ2v) is 6.85. The maximum Gasteiger partial charge on any atom is 0.191 e. The van der Waals surface area contributed by atoms with Crippen molar-refractivity contribution < 1.29 is 9.50 Å². The first-order valence-electron chi connectivity index (χ1n) is 9.80. The van der Waals surface area contributed by atoms with Crippen molar-refractivity contribution >= 4 is 11.8 Å². The van der Waals surface area contributed by atoms with Gasteiger partial charge in [-0.25, -0.2) is 9.37 Å². The van der Waals surface area contributed by atoms with Crippen LogP contribution in [0.2, 0.25) is 0 Å². The molecule has 0 spiro atoms. The van der Waals surface area contributed by atoms with Crippen molar-refractivity contribution in [1.82, 2.24) is 15.6 Å². The van der Waals surface area contributed by atoms with Crippen molar-refractivity contribution in [1.29, 1.82) is 0 Å². The summed E-state index contributed by atoms with van der Waals surface area (Å²) in [4.78, 5) is 11.1. The third-order valence-electron chi connectivity index (χ3n) is 4.84. The van der Waals surface area contributed by atoms with Crippen molar-refractivity contribution in [2.45, 2.75) is 31.9 Å². The molecular weight excluding hydrogens is 357 g/mol. The lowest BCUT2D eigenvalue weighted by molar-refractivity contribution is 0.182. The Morgan fingerprint density at radius 2 is 2.00 bits per heavy atom. The van der Waals surface area contributed by atoms with E-state index >= 15 is 0 Å². The zero-order valence-corrected chi connectivity index (χ0v) is 16.2. The number of nitrogens with one attached hydrogen (secondary N) is 2. The number of benzene rings is 1. The lowest BCUT2D eigenvalue weighted by Gasteiger charge is -2.33. The molecule has 2 aromatic rings. The number of aliphatic hydroxyl groups is 1. The van der Waals surface area contributed by atoms with E-state index in [2.05, 4.69) is 25.5 Å². The summed E-state index contributed by atoms with van der Waals surface area (Å²) in [5.74, 6) is 1.24. The number of hydrogen-bond acceptors (Lipinski definition) is 4. The van der Waals surface area contributed by atoms with Gasteiger partial charge >= 0.3 is 0 Å². The molecule has 1 aromatic heterocycles. The van der Waals surface area contributed by atoms with Crippen LogP contribution in [0.5, 0.6) is 0 Å². The first kappa shape index (κ1) is 20.1. The van der Waals surface area contributed by atoms with Crippen molar-refractivity contribution in [2.75, 3.05) is 31.1 Å². The van der Waals surface area contributed by atoms with E-state index < -0.39 is 11.9 Å². The Kier molecular flexibility index (Phi) is 7.19. The minimum atomic E-state index is -0.970. The zero-order chi connectivity index (χ0) is 19.8. The number of pyridine rings is 1. The second-order valence-electron chi connectivity index (χ2n) is 6.85. The maximum absolute atomic E-state index is 13.8. The van der Waals surface area contributed by atoms with Crippen molar-refractivity contribution in [3.63, 3.8) is 0 Å². The number of guanidine groups is 1. The van der Waals surface area contributed by atoms with Crippen LogP contribution in [-0.4, -0.2) is 48.3 Å². The summed E-state index contributed by atoms with van der Waals surface area (Å²) in [5, 5.41) is 16.9. The number of aliphatic hydroxyl groups excluding tert-OH is 1. The van der Waals surface area contributed by atoms with Crippen LogP contribution in [-0.2, 0) is 0 Å². The van der Waals surface area contributed by atoms with Crippen LogP contribution in [0.25, 0.3) is 0 Å². The van der Waals surface area contributed by atoms with Crippen LogP contribution >= 0.6 is 0 Å². The molecule has 1 aromatic carbocycles. The molecule has 3 N–H and O–H groups in total. The number of nitrogens with zero attached hydrogens (tertiary/aromatic N) is 3. The first-order chi connectivity index (χ1) is 13.7. The SMILES string of the molecule is CCNC(=NCC(O)c1ccccc1F)NC1CCN(c2ccccn2)CC1. The molecular formula is C21H28FN5O. The smallest absolute Gasteiger partial charge is 0.191 e. The lowest BCUT2D eigenvalue weighted by Crippen LogP contribution is -2.49. The Morgan fingerprint density at radius 3 is 2.68 bits per heavy atom.